The number of thioether (sulfide) groups is 1. The van der Waals surface area contributed by atoms with E-state index in [1.807, 2.05) is 45.0 Å². The van der Waals surface area contributed by atoms with Gasteiger partial charge in [0, 0.05) is 10.6 Å². The Morgan fingerprint density at radius 1 is 1.37 bits per heavy atom. The lowest BCUT2D eigenvalue weighted by Crippen LogP contribution is -2.23. The van der Waals surface area contributed by atoms with Gasteiger partial charge in [-0.25, -0.2) is 4.98 Å². The second kappa shape index (κ2) is 8.27. The van der Waals surface area contributed by atoms with Crippen LogP contribution in [-0.2, 0) is 17.0 Å². The Balaban J connectivity index is 1.66. The molecule has 0 bridgehead atoms. The number of hydrogen-bond donors (Lipinski definition) is 2. The van der Waals surface area contributed by atoms with Crippen molar-refractivity contribution in [2.45, 2.75) is 45.1 Å². The first kappa shape index (κ1) is 19.6. The van der Waals surface area contributed by atoms with Gasteiger partial charge in [0.05, 0.1) is 16.4 Å². The summed E-state index contributed by atoms with van der Waals surface area (Å²) in [4.78, 5) is 34.1. The third-order valence-corrected chi connectivity index (χ3v) is 6.79. The third-order valence-electron chi connectivity index (χ3n) is 4.53. The largest absolute Gasteiger partial charge is 0.325 e. The Morgan fingerprint density at radius 2 is 2.15 bits per heavy atom. The molecule has 0 aliphatic carbocycles. The highest BCUT2D eigenvalue weighted by Gasteiger charge is 2.16. The van der Waals surface area contributed by atoms with E-state index in [1.165, 1.54) is 28.7 Å². The van der Waals surface area contributed by atoms with Crippen molar-refractivity contribution < 1.29 is 4.79 Å². The zero-order valence-corrected chi connectivity index (χ0v) is 17.5. The molecule has 2 aromatic heterocycles. The number of amides is 1. The maximum absolute atomic E-state index is 12.4. The number of carbonyl (C=O) groups is 1. The second-order valence-electron chi connectivity index (χ2n) is 6.47. The highest BCUT2D eigenvalue weighted by molar-refractivity contribution is 7.99. The van der Waals surface area contributed by atoms with Crippen LogP contribution in [0, 0.1) is 13.8 Å². The van der Waals surface area contributed by atoms with E-state index in [4.69, 9.17) is 0 Å². The van der Waals surface area contributed by atoms with E-state index in [0.717, 1.165) is 27.4 Å². The van der Waals surface area contributed by atoms with Crippen LogP contribution in [0.15, 0.2) is 29.1 Å². The minimum absolute atomic E-state index is 0.0560. The number of aromatic amines is 1. The number of anilines is 1. The fourth-order valence-electron chi connectivity index (χ4n) is 2.76. The van der Waals surface area contributed by atoms with Crippen LogP contribution in [0.25, 0.3) is 10.2 Å². The van der Waals surface area contributed by atoms with E-state index in [1.54, 1.807) is 0 Å². The molecule has 2 heterocycles. The molecule has 1 atom stereocenters. The lowest BCUT2D eigenvalue weighted by atomic mass is 10.1. The summed E-state index contributed by atoms with van der Waals surface area (Å²) in [7, 11) is 0. The molecule has 0 unspecified atom stereocenters. The van der Waals surface area contributed by atoms with E-state index in [-0.39, 0.29) is 16.7 Å². The van der Waals surface area contributed by atoms with Gasteiger partial charge in [-0.3, -0.25) is 9.59 Å². The molecule has 0 aliphatic rings. The van der Waals surface area contributed by atoms with Crippen LogP contribution >= 0.6 is 23.1 Å². The zero-order valence-electron chi connectivity index (χ0n) is 15.9. The summed E-state index contributed by atoms with van der Waals surface area (Å²) in [5, 5.41) is 3.37. The highest BCUT2D eigenvalue weighted by Crippen LogP contribution is 2.26. The van der Waals surface area contributed by atoms with Crippen molar-refractivity contribution in [1.82, 2.24) is 9.97 Å². The molecule has 1 aromatic carbocycles. The van der Waals surface area contributed by atoms with Gasteiger partial charge < -0.3 is 10.3 Å². The molecule has 0 fully saturated rings. The molecule has 0 spiro atoms. The molecule has 1 amide bonds. The molecule has 0 saturated heterocycles. The van der Waals surface area contributed by atoms with Crippen molar-refractivity contribution >= 4 is 44.9 Å². The number of thiophene rings is 1. The molecule has 3 aromatic rings. The van der Waals surface area contributed by atoms with Crippen LogP contribution in [0.1, 0.15) is 35.7 Å². The van der Waals surface area contributed by atoms with Crippen molar-refractivity contribution in [1.29, 1.82) is 0 Å². The molecular weight excluding hydrogens is 378 g/mol. The molecule has 0 saturated carbocycles. The molecule has 5 nitrogen and oxygen atoms in total. The molecule has 0 radical (unpaired) electrons. The number of fused-ring (bicyclic) bond motifs is 1. The van der Waals surface area contributed by atoms with Gasteiger partial charge in [-0.15, -0.1) is 23.1 Å². The number of rotatable bonds is 6. The molecule has 2 N–H and O–H groups in total. The standard InChI is InChI=1S/C20H23N3O2S2/c1-5-14-7-6-8-15(9-14)21-18(24)13(4)26-10-16-22-19(25)17-11(2)12(3)27-20(17)23-16/h6-9,13H,5,10H2,1-4H3,(H,21,24)(H,22,23,25)/t13-/m1/s1. The Bertz CT molecular complexity index is 1040. The summed E-state index contributed by atoms with van der Waals surface area (Å²) in [5.74, 6) is 1.02. The molecule has 7 heteroatoms. The average Bonchev–Trinajstić information content (AvgIpc) is 2.94. The smallest absolute Gasteiger partial charge is 0.259 e. The predicted molar refractivity (Wildman–Crippen MR) is 115 cm³/mol. The summed E-state index contributed by atoms with van der Waals surface area (Å²) < 4.78 is 0. The highest BCUT2D eigenvalue weighted by atomic mass is 32.2. The first-order chi connectivity index (χ1) is 12.9. The second-order valence-corrected chi connectivity index (χ2v) is 9.00. The summed E-state index contributed by atoms with van der Waals surface area (Å²) in [5.41, 5.74) is 2.88. The van der Waals surface area contributed by atoms with Crippen LogP contribution in [0.5, 0.6) is 0 Å². The molecule has 142 valence electrons. The number of aryl methyl sites for hydroxylation is 3. The number of H-pyrrole nitrogens is 1. The number of hydrogen-bond acceptors (Lipinski definition) is 5. The summed E-state index contributed by atoms with van der Waals surface area (Å²) in [6, 6.07) is 7.87. The molecular formula is C20H23N3O2S2. The number of nitrogens with one attached hydrogen (secondary N) is 2. The topological polar surface area (TPSA) is 74.8 Å². The summed E-state index contributed by atoms with van der Waals surface area (Å²) >= 11 is 2.99. The van der Waals surface area contributed by atoms with E-state index in [2.05, 4.69) is 22.2 Å². The average molecular weight is 402 g/mol. The summed E-state index contributed by atoms with van der Waals surface area (Å²) in [6.45, 7) is 7.88. The van der Waals surface area contributed by atoms with E-state index in [9.17, 15) is 9.59 Å². The normalized spacial score (nSPS) is 12.3. The van der Waals surface area contributed by atoms with E-state index >= 15 is 0 Å². The van der Waals surface area contributed by atoms with Gasteiger partial charge in [0.25, 0.3) is 5.56 Å². The van der Waals surface area contributed by atoms with Crippen molar-refractivity contribution in [3.63, 3.8) is 0 Å². The Hall–Kier alpha value is -2.12. The van der Waals surface area contributed by atoms with Gasteiger partial charge >= 0.3 is 0 Å². The summed E-state index contributed by atoms with van der Waals surface area (Å²) in [6.07, 6.45) is 0.928. The molecule has 3 rings (SSSR count). The quantitative estimate of drug-likeness (QED) is 0.641. The van der Waals surface area contributed by atoms with Crippen LogP contribution < -0.4 is 10.9 Å². The first-order valence-electron chi connectivity index (χ1n) is 8.89. The number of aromatic nitrogens is 2. The molecule has 0 aliphatic heterocycles. The van der Waals surface area contributed by atoms with Gasteiger partial charge in [-0.2, -0.15) is 0 Å². The predicted octanol–water partition coefficient (Wildman–Crippen LogP) is 4.42. The van der Waals surface area contributed by atoms with Crippen LogP contribution in [0.3, 0.4) is 0 Å². The first-order valence-corrected chi connectivity index (χ1v) is 10.8. The molecule has 27 heavy (non-hydrogen) atoms. The lowest BCUT2D eigenvalue weighted by Gasteiger charge is -2.12. The number of carbonyl (C=O) groups excluding carboxylic acids is 1. The van der Waals surface area contributed by atoms with Gasteiger partial charge in [0.15, 0.2) is 0 Å². The Labute approximate surface area is 166 Å². The van der Waals surface area contributed by atoms with Crippen LogP contribution in [-0.4, -0.2) is 21.1 Å². The van der Waals surface area contributed by atoms with E-state index < -0.39 is 0 Å². The van der Waals surface area contributed by atoms with Crippen molar-refractivity contribution in [2.75, 3.05) is 5.32 Å². The fraction of sp³-hybridized carbons (Fsp3) is 0.350. The fourth-order valence-corrected chi connectivity index (χ4v) is 4.56. The maximum atomic E-state index is 12.4. The van der Waals surface area contributed by atoms with Crippen molar-refractivity contribution in [3.8, 4) is 0 Å². The SMILES string of the molecule is CCc1cccc(NC(=O)[C@@H](C)SCc2nc3sc(C)c(C)c3c(=O)[nH]2)c1. The van der Waals surface area contributed by atoms with Gasteiger partial charge in [-0.05, 0) is 50.5 Å². The zero-order chi connectivity index (χ0) is 19.6. The number of nitrogens with zero attached hydrogens (tertiary/aromatic N) is 1. The van der Waals surface area contributed by atoms with Crippen LogP contribution in [0.4, 0.5) is 5.69 Å². The van der Waals surface area contributed by atoms with Gasteiger partial charge in [0.2, 0.25) is 5.91 Å². The number of benzene rings is 1. The Morgan fingerprint density at radius 3 is 2.89 bits per heavy atom. The minimum Gasteiger partial charge on any atom is -0.325 e. The van der Waals surface area contributed by atoms with Crippen molar-refractivity contribution in [3.05, 3.63) is 56.4 Å². The monoisotopic (exact) mass is 401 g/mol. The Kier molecular flexibility index (Phi) is 6.01. The third kappa shape index (κ3) is 4.42. The van der Waals surface area contributed by atoms with Gasteiger partial charge in [-0.1, -0.05) is 19.1 Å². The maximum Gasteiger partial charge on any atom is 0.259 e. The minimum atomic E-state index is -0.261. The van der Waals surface area contributed by atoms with Gasteiger partial charge in [0.1, 0.15) is 10.7 Å². The van der Waals surface area contributed by atoms with E-state index in [0.29, 0.717) is 17.0 Å². The van der Waals surface area contributed by atoms with Crippen LogP contribution in [0.2, 0.25) is 0 Å². The lowest BCUT2D eigenvalue weighted by molar-refractivity contribution is -0.115. The van der Waals surface area contributed by atoms with Crippen molar-refractivity contribution in [2.24, 2.45) is 0 Å².